The molecular formula is C28H29NO7S2. The lowest BCUT2D eigenvalue weighted by molar-refractivity contribution is -0.161. The van der Waals surface area contributed by atoms with Crippen LogP contribution >= 0.6 is 11.8 Å². The normalized spacial score (nSPS) is 28.1. The van der Waals surface area contributed by atoms with Gasteiger partial charge in [-0.3, -0.25) is 14.5 Å². The van der Waals surface area contributed by atoms with Gasteiger partial charge in [0.2, 0.25) is 0 Å². The standard InChI is InChI=1S/C28H29NO7S2/c1-16-20(22(30)27(2,3)4)29-23(31)21(35-5)24(29)38(33,34)25(16)37-28(26(32)36-28)19(17-12-8-6-9-13-17)18-14-10-7-11-15-18/h6-15,19,21,24-25H,1-5H3/t21-,24-,25?,28?/m0/s1. The molecule has 2 aromatic rings. The Morgan fingerprint density at radius 1 is 1.03 bits per heavy atom. The van der Waals surface area contributed by atoms with Gasteiger partial charge < -0.3 is 9.47 Å². The van der Waals surface area contributed by atoms with Crippen LogP contribution in [0.5, 0.6) is 0 Å². The molecule has 0 spiro atoms. The van der Waals surface area contributed by atoms with Crippen LogP contribution in [-0.2, 0) is 33.7 Å². The summed E-state index contributed by atoms with van der Waals surface area (Å²) in [6.45, 7) is 6.68. The minimum Gasteiger partial charge on any atom is -0.431 e. The van der Waals surface area contributed by atoms with Gasteiger partial charge in [-0.25, -0.2) is 13.2 Å². The molecule has 0 bridgehead atoms. The summed E-state index contributed by atoms with van der Waals surface area (Å²) in [6.07, 6.45) is -1.23. The van der Waals surface area contributed by atoms with Crippen LogP contribution in [0.4, 0.5) is 0 Å². The van der Waals surface area contributed by atoms with E-state index in [9.17, 15) is 22.8 Å². The number of ether oxygens (including phenoxy) is 2. The maximum absolute atomic E-state index is 14.0. The zero-order chi connectivity index (χ0) is 27.6. The second-order valence-corrected chi connectivity index (χ2v) is 14.5. The molecule has 200 valence electrons. The quantitative estimate of drug-likeness (QED) is 0.376. The first-order chi connectivity index (χ1) is 17.9. The van der Waals surface area contributed by atoms with Gasteiger partial charge >= 0.3 is 5.97 Å². The summed E-state index contributed by atoms with van der Waals surface area (Å²) in [5.74, 6) is -2.08. The van der Waals surface area contributed by atoms with E-state index in [-0.39, 0.29) is 17.1 Å². The lowest BCUT2D eigenvalue weighted by atomic mass is 9.86. The van der Waals surface area contributed by atoms with Gasteiger partial charge in [0.1, 0.15) is 4.58 Å². The first kappa shape index (κ1) is 26.6. The van der Waals surface area contributed by atoms with Crippen LogP contribution in [0.2, 0.25) is 0 Å². The average molecular weight is 556 g/mol. The van der Waals surface area contributed by atoms with E-state index in [2.05, 4.69) is 0 Å². The molecule has 5 rings (SSSR count). The van der Waals surface area contributed by atoms with Crippen LogP contribution in [0.25, 0.3) is 0 Å². The van der Waals surface area contributed by atoms with Crippen LogP contribution in [0, 0.1) is 5.41 Å². The SMILES string of the molecule is CO[C@H]1C(=O)N2C(C(=O)C(C)(C)C)=C(C)C(SC3(C(c4ccccc4)c4ccccc4)OC3=O)S(=O)(=O)[C@@H]12. The van der Waals surface area contributed by atoms with Gasteiger partial charge in [0.15, 0.2) is 27.1 Å². The minimum absolute atomic E-state index is 0.0485. The van der Waals surface area contributed by atoms with E-state index in [1.54, 1.807) is 27.7 Å². The van der Waals surface area contributed by atoms with E-state index in [1.807, 2.05) is 60.7 Å². The van der Waals surface area contributed by atoms with E-state index >= 15 is 0 Å². The number of Topliss-reactive ketones (excluding diaryl/α,β-unsaturated/α-hetero) is 1. The van der Waals surface area contributed by atoms with Crippen molar-refractivity contribution in [2.24, 2.45) is 5.41 Å². The van der Waals surface area contributed by atoms with Gasteiger partial charge in [-0.2, -0.15) is 0 Å². The predicted octanol–water partition coefficient (Wildman–Crippen LogP) is 3.63. The summed E-state index contributed by atoms with van der Waals surface area (Å²) in [7, 11) is -2.87. The highest BCUT2D eigenvalue weighted by Crippen LogP contribution is 2.59. The maximum atomic E-state index is 14.0. The molecular weight excluding hydrogens is 526 g/mol. The average Bonchev–Trinajstić information content (AvgIpc) is 3.52. The molecule has 4 atom stereocenters. The zero-order valence-corrected chi connectivity index (χ0v) is 23.3. The number of carbonyl (C=O) groups excluding carboxylic acids is 3. The van der Waals surface area contributed by atoms with Crippen LogP contribution < -0.4 is 0 Å². The molecule has 8 nitrogen and oxygen atoms in total. The molecule has 0 aromatic heterocycles. The number of benzene rings is 2. The second-order valence-electron chi connectivity index (χ2n) is 10.7. The van der Waals surface area contributed by atoms with Crippen LogP contribution in [0.15, 0.2) is 71.9 Å². The highest BCUT2D eigenvalue weighted by molar-refractivity contribution is 8.15. The number of amides is 1. The van der Waals surface area contributed by atoms with Gasteiger partial charge in [-0.1, -0.05) is 93.2 Å². The maximum Gasteiger partial charge on any atom is 0.364 e. The van der Waals surface area contributed by atoms with E-state index < -0.39 is 54.0 Å². The third kappa shape index (κ3) is 3.92. The molecule has 0 aliphatic carbocycles. The molecule has 2 unspecified atom stereocenters. The number of β-lactam (4-membered cyclic amide) rings is 1. The Labute approximate surface area is 226 Å². The fourth-order valence-corrected chi connectivity index (χ4v) is 9.67. The van der Waals surface area contributed by atoms with E-state index in [1.165, 1.54) is 7.11 Å². The van der Waals surface area contributed by atoms with Gasteiger partial charge in [0, 0.05) is 12.5 Å². The molecule has 0 N–H and O–H groups in total. The Kier molecular flexibility index (Phi) is 6.36. The van der Waals surface area contributed by atoms with Crippen molar-refractivity contribution in [3.63, 3.8) is 0 Å². The van der Waals surface area contributed by atoms with Crippen molar-refractivity contribution in [1.82, 2.24) is 4.90 Å². The first-order valence-corrected chi connectivity index (χ1v) is 14.7. The summed E-state index contributed by atoms with van der Waals surface area (Å²) in [6, 6.07) is 18.6. The zero-order valence-electron chi connectivity index (χ0n) is 21.7. The molecule has 3 heterocycles. The van der Waals surface area contributed by atoms with Crippen LogP contribution in [-0.4, -0.2) is 59.1 Å². The topological polar surface area (TPSA) is 110 Å². The Balaban J connectivity index is 1.66. The van der Waals surface area contributed by atoms with Crippen molar-refractivity contribution in [2.75, 3.05) is 7.11 Å². The van der Waals surface area contributed by atoms with Crippen molar-refractivity contribution in [2.45, 2.75) is 54.6 Å². The Morgan fingerprint density at radius 2 is 1.53 bits per heavy atom. The lowest BCUT2D eigenvalue weighted by Crippen LogP contribution is -2.72. The molecule has 0 saturated carbocycles. The minimum atomic E-state index is -4.13. The highest BCUT2D eigenvalue weighted by Gasteiger charge is 2.70. The number of allylic oxidation sites excluding steroid dienone is 1. The van der Waals surface area contributed by atoms with E-state index in [0.717, 1.165) is 27.8 Å². The number of fused-ring (bicyclic) bond motifs is 1. The van der Waals surface area contributed by atoms with Gasteiger partial charge in [0.05, 0.1) is 11.6 Å². The summed E-state index contributed by atoms with van der Waals surface area (Å²) in [5.41, 5.74) is 0.945. The fourth-order valence-electron chi connectivity index (χ4n) is 5.20. The van der Waals surface area contributed by atoms with Crippen LogP contribution in [0.1, 0.15) is 44.7 Å². The van der Waals surface area contributed by atoms with Gasteiger partial charge in [0.25, 0.3) is 10.8 Å². The Hall–Kier alpha value is -2.95. The summed E-state index contributed by atoms with van der Waals surface area (Å²) < 4.78 is 37.6. The third-order valence-corrected chi connectivity index (χ3v) is 11.7. The van der Waals surface area contributed by atoms with Gasteiger partial charge in [-0.15, -0.1) is 0 Å². The summed E-state index contributed by atoms with van der Waals surface area (Å²) in [5, 5.41) is -1.36. The molecule has 1 amide bonds. The van der Waals surface area contributed by atoms with Crippen LogP contribution in [0.3, 0.4) is 0 Å². The number of nitrogens with zero attached hydrogens (tertiary/aromatic N) is 1. The number of sulfone groups is 1. The molecule has 0 radical (unpaired) electrons. The Bertz CT molecular complexity index is 1410. The fraction of sp³-hybridized carbons (Fsp3) is 0.393. The molecule has 38 heavy (non-hydrogen) atoms. The number of methoxy groups -OCH3 is 1. The summed E-state index contributed by atoms with van der Waals surface area (Å²) in [4.78, 5) is 39.1. The third-order valence-electron chi connectivity index (χ3n) is 7.16. The molecule has 3 aliphatic rings. The number of carbonyl (C=O) groups is 3. The van der Waals surface area contributed by atoms with Crippen molar-refractivity contribution in [3.05, 3.63) is 83.1 Å². The highest BCUT2D eigenvalue weighted by atomic mass is 32.3. The summed E-state index contributed by atoms with van der Waals surface area (Å²) >= 11 is 0.877. The number of thioether (sulfide) groups is 1. The number of epoxide rings is 1. The van der Waals surface area contributed by atoms with Crippen molar-refractivity contribution in [1.29, 1.82) is 0 Å². The number of cyclic esters (lactones) is 1. The van der Waals surface area contributed by atoms with Crippen molar-refractivity contribution < 1.29 is 32.3 Å². The molecule has 2 aromatic carbocycles. The number of hydrogen-bond acceptors (Lipinski definition) is 8. The molecule has 2 fully saturated rings. The largest absolute Gasteiger partial charge is 0.431 e. The van der Waals surface area contributed by atoms with Gasteiger partial charge in [-0.05, 0) is 23.6 Å². The number of rotatable bonds is 7. The van der Waals surface area contributed by atoms with Crippen molar-refractivity contribution >= 4 is 39.3 Å². The second kappa shape index (κ2) is 9.07. The molecule has 3 aliphatic heterocycles. The predicted molar refractivity (Wildman–Crippen MR) is 142 cm³/mol. The monoisotopic (exact) mass is 555 g/mol. The molecule has 2 saturated heterocycles. The van der Waals surface area contributed by atoms with E-state index in [0.29, 0.717) is 0 Å². The van der Waals surface area contributed by atoms with Crippen molar-refractivity contribution in [3.8, 4) is 0 Å². The first-order valence-electron chi connectivity index (χ1n) is 12.2. The van der Waals surface area contributed by atoms with E-state index in [4.69, 9.17) is 9.47 Å². The lowest BCUT2D eigenvalue weighted by Gasteiger charge is -2.51. The smallest absolute Gasteiger partial charge is 0.364 e. The Morgan fingerprint density at radius 3 is 1.95 bits per heavy atom. The number of ketones is 1. The molecule has 10 heteroatoms. The number of hydrogen-bond donors (Lipinski definition) is 0.